The maximum absolute atomic E-state index is 12.2. The molecule has 3 rings (SSSR count). The van der Waals surface area contributed by atoms with Crippen molar-refractivity contribution < 1.29 is 19.1 Å². The highest BCUT2D eigenvalue weighted by Gasteiger charge is 2.25. The maximum Gasteiger partial charge on any atom is 0.330 e. The monoisotopic (exact) mass is 315 g/mol. The molecule has 1 heterocycles. The van der Waals surface area contributed by atoms with Gasteiger partial charge >= 0.3 is 11.9 Å². The number of hydrogen-bond acceptors (Lipinski definition) is 5. The van der Waals surface area contributed by atoms with Crippen LogP contribution in [0.25, 0.3) is 0 Å². The first-order valence-corrected chi connectivity index (χ1v) is 8.26. The molecule has 5 nitrogen and oxygen atoms in total. The fourth-order valence-corrected chi connectivity index (χ4v) is 3.23. The van der Waals surface area contributed by atoms with Crippen LogP contribution >= 0.6 is 0 Å². The van der Waals surface area contributed by atoms with Crippen molar-refractivity contribution in [1.29, 1.82) is 0 Å². The third kappa shape index (κ3) is 3.85. The van der Waals surface area contributed by atoms with Gasteiger partial charge in [-0.15, -0.1) is 0 Å². The molecule has 5 heteroatoms. The van der Waals surface area contributed by atoms with Crippen LogP contribution in [-0.4, -0.2) is 30.3 Å². The van der Waals surface area contributed by atoms with E-state index in [2.05, 4.69) is 5.32 Å². The average Bonchev–Trinajstić information content (AvgIpc) is 3.22. The minimum atomic E-state index is -0.627. The molecular weight excluding hydrogens is 294 g/mol. The van der Waals surface area contributed by atoms with Crippen LogP contribution < -0.4 is 5.32 Å². The van der Waals surface area contributed by atoms with E-state index in [1.165, 1.54) is 11.1 Å². The summed E-state index contributed by atoms with van der Waals surface area (Å²) >= 11 is 0. The van der Waals surface area contributed by atoms with E-state index < -0.39 is 11.9 Å². The Morgan fingerprint density at radius 2 is 1.91 bits per heavy atom. The number of esters is 2. The Hall–Kier alpha value is -2.01. The third-order valence-electron chi connectivity index (χ3n) is 4.54. The highest BCUT2D eigenvalue weighted by Crippen LogP contribution is 2.23. The van der Waals surface area contributed by atoms with Crippen molar-refractivity contribution in [2.75, 3.05) is 6.54 Å². The molecule has 1 aromatic carbocycles. The molecule has 1 aromatic rings. The fourth-order valence-electron chi connectivity index (χ4n) is 3.23. The number of rotatable bonds is 5. The second-order valence-corrected chi connectivity index (χ2v) is 6.20. The third-order valence-corrected chi connectivity index (χ3v) is 4.54. The van der Waals surface area contributed by atoms with Gasteiger partial charge in [-0.25, -0.2) is 4.79 Å². The predicted octanol–water partition coefficient (Wildman–Crippen LogP) is 1.96. The average molecular weight is 315 g/mol. The zero-order valence-corrected chi connectivity index (χ0v) is 13.1. The van der Waals surface area contributed by atoms with Gasteiger partial charge < -0.3 is 10.1 Å². The number of carbonyl (C=O) groups excluding carboxylic acids is 3. The molecule has 2 aliphatic rings. The minimum absolute atomic E-state index is 0.0611. The highest BCUT2D eigenvalue weighted by atomic mass is 16.6. The minimum Gasteiger partial charge on any atom is -0.392 e. The molecule has 1 aliphatic heterocycles. The van der Waals surface area contributed by atoms with Gasteiger partial charge in [-0.3, -0.25) is 9.59 Å². The van der Waals surface area contributed by atoms with E-state index in [9.17, 15) is 14.4 Å². The SMILES string of the molecule is O=C(CCC(=O)c1ccc2c(c1)CCC2)OC(=O)[C@@H]1CCCN1. The summed E-state index contributed by atoms with van der Waals surface area (Å²) in [6, 6.07) is 5.38. The van der Waals surface area contributed by atoms with Gasteiger partial charge in [0.2, 0.25) is 0 Å². The van der Waals surface area contributed by atoms with Gasteiger partial charge in [0.1, 0.15) is 6.04 Å². The Balaban J connectivity index is 1.48. The van der Waals surface area contributed by atoms with Gasteiger partial charge in [-0.2, -0.15) is 0 Å². The predicted molar refractivity (Wildman–Crippen MR) is 84.2 cm³/mol. The van der Waals surface area contributed by atoms with Crippen molar-refractivity contribution in [2.45, 2.75) is 51.0 Å². The second-order valence-electron chi connectivity index (χ2n) is 6.20. The summed E-state index contributed by atoms with van der Waals surface area (Å²) in [6.07, 6.45) is 4.84. The van der Waals surface area contributed by atoms with Crippen molar-refractivity contribution >= 4 is 17.7 Å². The summed E-state index contributed by atoms with van der Waals surface area (Å²) in [5.74, 6) is -1.24. The van der Waals surface area contributed by atoms with Crippen LogP contribution in [0.1, 0.15) is 53.6 Å². The number of ether oxygens (including phenoxy) is 1. The fraction of sp³-hybridized carbons (Fsp3) is 0.500. The lowest BCUT2D eigenvalue weighted by Gasteiger charge is -2.08. The molecule has 23 heavy (non-hydrogen) atoms. The molecule has 1 atom stereocenters. The van der Waals surface area contributed by atoms with Crippen molar-refractivity contribution in [3.8, 4) is 0 Å². The van der Waals surface area contributed by atoms with E-state index in [-0.39, 0.29) is 24.7 Å². The van der Waals surface area contributed by atoms with Crippen molar-refractivity contribution in [3.63, 3.8) is 0 Å². The van der Waals surface area contributed by atoms with E-state index in [1.807, 2.05) is 18.2 Å². The molecular formula is C18H21NO4. The van der Waals surface area contributed by atoms with Crippen molar-refractivity contribution in [2.24, 2.45) is 0 Å². The quantitative estimate of drug-likeness (QED) is 0.511. The number of nitrogens with one attached hydrogen (secondary N) is 1. The Morgan fingerprint density at radius 3 is 2.70 bits per heavy atom. The highest BCUT2D eigenvalue weighted by molar-refractivity contribution is 5.98. The van der Waals surface area contributed by atoms with E-state index >= 15 is 0 Å². The standard InChI is InChI=1S/C18H21NO4/c20-16(14-7-6-12-3-1-4-13(12)11-14)8-9-17(21)23-18(22)15-5-2-10-19-15/h6-7,11,15,19H,1-5,8-10H2/t15-/m0/s1. The largest absolute Gasteiger partial charge is 0.392 e. The number of benzene rings is 1. The van der Waals surface area contributed by atoms with Crippen LogP contribution in [0.3, 0.4) is 0 Å². The summed E-state index contributed by atoms with van der Waals surface area (Å²) < 4.78 is 4.80. The summed E-state index contributed by atoms with van der Waals surface area (Å²) in [5.41, 5.74) is 3.19. The van der Waals surface area contributed by atoms with Crippen molar-refractivity contribution in [1.82, 2.24) is 5.32 Å². The maximum atomic E-state index is 12.2. The molecule has 0 radical (unpaired) electrons. The van der Waals surface area contributed by atoms with E-state index in [0.29, 0.717) is 12.0 Å². The lowest BCUT2D eigenvalue weighted by Crippen LogP contribution is -2.33. The number of hydrogen-bond donors (Lipinski definition) is 1. The van der Waals surface area contributed by atoms with Crippen LogP contribution in [0, 0.1) is 0 Å². The first kappa shape index (κ1) is 15.9. The number of carbonyl (C=O) groups is 3. The normalized spacial score (nSPS) is 19.4. The van der Waals surface area contributed by atoms with Gasteiger partial charge in [0.15, 0.2) is 5.78 Å². The Morgan fingerprint density at radius 1 is 1.09 bits per heavy atom. The van der Waals surface area contributed by atoms with Crippen LogP contribution in [0.4, 0.5) is 0 Å². The number of aryl methyl sites for hydroxylation is 2. The van der Waals surface area contributed by atoms with E-state index in [4.69, 9.17) is 4.74 Å². The second kappa shape index (κ2) is 7.04. The topological polar surface area (TPSA) is 72.5 Å². The summed E-state index contributed by atoms with van der Waals surface area (Å²) in [5, 5.41) is 2.98. The molecule has 1 aliphatic carbocycles. The lowest BCUT2D eigenvalue weighted by atomic mass is 10.0. The van der Waals surface area contributed by atoms with Gasteiger partial charge in [-0.1, -0.05) is 12.1 Å². The van der Waals surface area contributed by atoms with Gasteiger partial charge in [0.05, 0.1) is 6.42 Å². The van der Waals surface area contributed by atoms with Gasteiger partial charge in [-0.05, 0) is 55.8 Å². The van der Waals surface area contributed by atoms with E-state index in [1.54, 1.807) is 0 Å². The van der Waals surface area contributed by atoms with E-state index in [0.717, 1.165) is 32.2 Å². The van der Waals surface area contributed by atoms with Crippen molar-refractivity contribution in [3.05, 3.63) is 34.9 Å². The Kier molecular flexibility index (Phi) is 4.86. The summed E-state index contributed by atoms with van der Waals surface area (Å²) in [6.45, 7) is 0.769. The smallest absolute Gasteiger partial charge is 0.330 e. The molecule has 0 aromatic heterocycles. The molecule has 0 amide bonds. The van der Waals surface area contributed by atoms with Crippen LogP contribution in [0.15, 0.2) is 18.2 Å². The molecule has 0 unspecified atom stereocenters. The molecule has 122 valence electrons. The first-order valence-electron chi connectivity index (χ1n) is 8.26. The number of ketones is 1. The van der Waals surface area contributed by atoms with Crippen LogP contribution in [-0.2, 0) is 27.2 Å². The zero-order valence-electron chi connectivity index (χ0n) is 13.1. The molecule has 0 bridgehead atoms. The van der Waals surface area contributed by atoms with Gasteiger partial charge in [0.25, 0.3) is 0 Å². The lowest BCUT2D eigenvalue weighted by molar-refractivity contribution is -0.160. The first-order chi connectivity index (χ1) is 11.1. The number of fused-ring (bicyclic) bond motifs is 1. The summed E-state index contributed by atoms with van der Waals surface area (Å²) in [7, 11) is 0. The van der Waals surface area contributed by atoms with Gasteiger partial charge in [0, 0.05) is 12.0 Å². The molecule has 0 spiro atoms. The summed E-state index contributed by atoms with van der Waals surface area (Å²) in [4.78, 5) is 35.6. The molecule has 1 N–H and O–H groups in total. The molecule has 1 saturated heterocycles. The van der Waals surface area contributed by atoms with Crippen LogP contribution in [0.5, 0.6) is 0 Å². The zero-order chi connectivity index (χ0) is 16.2. The Labute approximate surface area is 135 Å². The number of Topliss-reactive ketones (excluding diaryl/α,β-unsaturated/α-hetero) is 1. The Bertz CT molecular complexity index is 632. The molecule has 0 saturated carbocycles. The van der Waals surface area contributed by atoms with Crippen LogP contribution in [0.2, 0.25) is 0 Å². The molecule has 1 fully saturated rings.